The summed E-state index contributed by atoms with van der Waals surface area (Å²) in [6.07, 6.45) is 2.98. The topological polar surface area (TPSA) is 38.1 Å². The Morgan fingerprint density at radius 3 is 2.63 bits per heavy atom. The van der Waals surface area contributed by atoms with Crippen molar-refractivity contribution in [3.8, 4) is 0 Å². The number of aryl methyl sites for hydroxylation is 1. The van der Waals surface area contributed by atoms with E-state index in [4.69, 9.17) is 0 Å². The Kier molecular flexibility index (Phi) is 3.97. The fourth-order valence-corrected chi connectivity index (χ4v) is 2.97. The van der Waals surface area contributed by atoms with Gasteiger partial charge in [-0.1, -0.05) is 13.8 Å². The molecule has 4 nitrogen and oxygen atoms in total. The molecule has 2 rings (SSSR count). The molecule has 0 saturated carbocycles. The number of nitrogens with zero attached hydrogens (tertiary/aromatic N) is 3. The Bertz CT molecular complexity index is 462. The van der Waals surface area contributed by atoms with Gasteiger partial charge in [-0.05, 0) is 27.2 Å². The number of carbonyl (C=O) groups excluding carboxylic acids is 1. The van der Waals surface area contributed by atoms with Crippen LogP contribution in [0.2, 0.25) is 0 Å². The zero-order valence-electron chi connectivity index (χ0n) is 12.7. The van der Waals surface area contributed by atoms with Crippen LogP contribution in [0.1, 0.15) is 57.6 Å². The third kappa shape index (κ3) is 2.67. The lowest BCUT2D eigenvalue weighted by molar-refractivity contribution is -0.133. The first-order valence-electron chi connectivity index (χ1n) is 7.24. The van der Waals surface area contributed by atoms with E-state index in [1.54, 1.807) is 0 Å². The summed E-state index contributed by atoms with van der Waals surface area (Å²) in [6.45, 7) is 12.1. The standard InChI is InChI=1S/C15H25N3O/c1-10(2)15(19)17-7-6-13(9-17)14-16-8-12(5)18(14)11(3)4/h8,10-11,13H,6-7,9H2,1-5H3. The van der Waals surface area contributed by atoms with Gasteiger partial charge in [0.1, 0.15) is 5.82 Å². The number of imidazole rings is 1. The van der Waals surface area contributed by atoms with Gasteiger partial charge in [-0.2, -0.15) is 0 Å². The van der Waals surface area contributed by atoms with Crippen LogP contribution in [-0.2, 0) is 4.79 Å². The van der Waals surface area contributed by atoms with Crippen molar-refractivity contribution in [1.29, 1.82) is 0 Å². The molecule has 19 heavy (non-hydrogen) atoms. The number of amides is 1. The monoisotopic (exact) mass is 263 g/mol. The number of carbonyl (C=O) groups is 1. The predicted molar refractivity (Wildman–Crippen MR) is 76.1 cm³/mol. The molecule has 4 heteroatoms. The van der Waals surface area contributed by atoms with Crippen LogP contribution >= 0.6 is 0 Å². The first-order chi connectivity index (χ1) is 8.91. The van der Waals surface area contributed by atoms with Gasteiger partial charge in [-0.3, -0.25) is 4.79 Å². The molecule has 2 heterocycles. The van der Waals surface area contributed by atoms with Crippen LogP contribution in [0, 0.1) is 12.8 Å². The average Bonchev–Trinajstić information content (AvgIpc) is 2.93. The molecule has 0 N–H and O–H groups in total. The minimum atomic E-state index is 0.0883. The highest BCUT2D eigenvalue weighted by Crippen LogP contribution is 2.29. The van der Waals surface area contributed by atoms with Gasteiger partial charge in [0.2, 0.25) is 5.91 Å². The molecule has 106 valence electrons. The lowest BCUT2D eigenvalue weighted by Crippen LogP contribution is -2.32. The lowest BCUT2D eigenvalue weighted by Gasteiger charge is -2.20. The van der Waals surface area contributed by atoms with E-state index in [9.17, 15) is 4.79 Å². The number of aromatic nitrogens is 2. The Labute approximate surface area is 115 Å². The van der Waals surface area contributed by atoms with E-state index < -0.39 is 0 Å². The quantitative estimate of drug-likeness (QED) is 0.841. The summed E-state index contributed by atoms with van der Waals surface area (Å²) in [5.74, 6) is 1.89. The molecule has 0 aromatic carbocycles. The molecule has 0 aliphatic carbocycles. The third-order valence-electron chi connectivity index (χ3n) is 3.89. The van der Waals surface area contributed by atoms with Crippen LogP contribution in [0.5, 0.6) is 0 Å². The number of hydrogen-bond donors (Lipinski definition) is 0. The molecule has 0 spiro atoms. The highest BCUT2D eigenvalue weighted by molar-refractivity contribution is 5.78. The molecule has 0 bridgehead atoms. The molecule has 1 aromatic rings. The van der Waals surface area contributed by atoms with E-state index in [1.165, 1.54) is 5.69 Å². The largest absolute Gasteiger partial charge is 0.342 e. The summed E-state index contributed by atoms with van der Waals surface area (Å²) in [5, 5.41) is 0. The SMILES string of the molecule is Cc1cnc(C2CCN(C(=O)C(C)C)C2)n1C(C)C. The molecule has 1 saturated heterocycles. The van der Waals surface area contributed by atoms with Crippen LogP contribution in [0.4, 0.5) is 0 Å². The third-order valence-corrected chi connectivity index (χ3v) is 3.89. The molecule has 0 radical (unpaired) electrons. The van der Waals surface area contributed by atoms with Crippen molar-refractivity contribution < 1.29 is 4.79 Å². The van der Waals surface area contributed by atoms with Gasteiger partial charge in [-0.25, -0.2) is 4.98 Å². The Balaban J connectivity index is 2.15. The highest BCUT2D eigenvalue weighted by atomic mass is 16.2. The second-order valence-electron chi connectivity index (χ2n) is 6.15. The van der Waals surface area contributed by atoms with Gasteiger partial charge < -0.3 is 9.47 Å². The van der Waals surface area contributed by atoms with E-state index >= 15 is 0 Å². The van der Waals surface area contributed by atoms with Crippen molar-refractivity contribution in [2.24, 2.45) is 5.92 Å². The summed E-state index contributed by atoms with van der Waals surface area (Å²) in [5.41, 5.74) is 1.21. The number of likely N-dealkylation sites (tertiary alicyclic amines) is 1. The van der Waals surface area contributed by atoms with E-state index in [0.717, 1.165) is 25.3 Å². The lowest BCUT2D eigenvalue weighted by atomic mass is 10.1. The molecule has 1 fully saturated rings. The molecule has 1 aliphatic rings. The van der Waals surface area contributed by atoms with Gasteiger partial charge in [-0.15, -0.1) is 0 Å². The van der Waals surface area contributed by atoms with Crippen LogP contribution in [0.15, 0.2) is 6.20 Å². The van der Waals surface area contributed by atoms with Crippen molar-refractivity contribution in [1.82, 2.24) is 14.5 Å². The normalized spacial score (nSPS) is 19.7. The average molecular weight is 263 g/mol. The summed E-state index contributed by atoms with van der Waals surface area (Å²) < 4.78 is 2.30. The zero-order valence-corrected chi connectivity index (χ0v) is 12.7. The maximum Gasteiger partial charge on any atom is 0.225 e. The molecule has 1 amide bonds. The van der Waals surface area contributed by atoms with E-state index in [0.29, 0.717) is 12.0 Å². The van der Waals surface area contributed by atoms with Crippen molar-refractivity contribution >= 4 is 5.91 Å². The maximum atomic E-state index is 12.0. The van der Waals surface area contributed by atoms with Crippen LogP contribution in [0.25, 0.3) is 0 Å². The summed E-state index contributed by atoms with van der Waals surface area (Å²) >= 11 is 0. The predicted octanol–water partition coefficient (Wildman–Crippen LogP) is 2.74. The second-order valence-corrected chi connectivity index (χ2v) is 6.15. The summed E-state index contributed by atoms with van der Waals surface area (Å²) in [7, 11) is 0. The first-order valence-corrected chi connectivity index (χ1v) is 7.24. The number of rotatable bonds is 3. The number of hydrogen-bond acceptors (Lipinski definition) is 2. The van der Waals surface area contributed by atoms with Gasteiger partial charge >= 0.3 is 0 Å². The molecule has 1 aliphatic heterocycles. The van der Waals surface area contributed by atoms with Gasteiger partial charge in [0.25, 0.3) is 0 Å². The molecule has 1 aromatic heterocycles. The van der Waals surface area contributed by atoms with E-state index in [1.807, 2.05) is 24.9 Å². The molecule has 1 unspecified atom stereocenters. The Hall–Kier alpha value is -1.32. The smallest absolute Gasteiger partial charge is 0.225 e. The van der Waals surface area contributed by atoms with Crippen molar-refractivity contribution in [2.45, 2.75) is 53.0 Å². The summed E-state index contributed by atoms with van der Waals surface area (Å²) in [6, 6.07) is 0.423. The van der Waals surface area contributed by atoms with Crippen molar-refractivity contribution in [3.05, 3.63) is 17.7 Å². The van der Waals surface area contributed by atoms with Crippen LogP contribution < -0.4 is 0 Å². The van der Waals surface area contributed by atoms with E-state index in [2.05, 4.69) is 30.3 Å². The minimum absolute atomic E-state index is 0.0883. The minimum Gasteiger partial charge on any atom is -0.342 e. The van der Waals surface area contributed by atoms with Crippen LogP contribution in [-0.4, -0.2) is 33.4 Å². The zero-order chi connectivity index (χ0) is 14.2. The van der Waals surface area contributed by atoms with Gasteiger partial charge in [0.05, 0.1) is 0 Å². The van der Waals surface area contributed by atoms with Crippen molar-refractivity contribution in [2.75, 3.05) is 13.1 Å². The van der Waals surface area contributed by atoms with E-state index in [-0.39, 0.29) is 11.8 Å². The summed E-state index contributed by atoms with van der Waals surface area (Å²) in [4.78, 5) is 18.6. The maximum absolute atomic E-state index is 12.0. The highest BCUT2D eigenvalue weighted by Gasteiger charge is 2.31. The first kappa shape index (κ1) is 14.1. The second kappa shape index (κ2) is 5.35. The Morgan fingerprint density at radius 1 is 1.37 bits per heavy atom. The molecular weight excluding hydrogens is 238 g/mol. The molecule has 1 atom stereocenters. The van der Waals surface area contributed by atoms with Gasteiger partial charge in [0.15, 0.2) is 0 Å². The van der Waals surface area contributed by atoms with Crippen molar-refractivity contribution in [3.63, 3.8) is 0 Å². The fourth-order valence-electron chi connectivity index (χ4n) is 2.97. The Morgan fingerprint density at radius 2 is 2.05 bits per heavy atom. The molecular formula is C15H25N3O. The fraction of sp³-hybridized carbons (Fsp3) is 0.733. The van der Waals surface area contributed by atoms with Gasteiger partial charge in [0, 0.05) is 42.9 Å². The van der Waals surface area contributed by atoms with Crippen LogP contribution in [0.3, 0.4) is 0 Å².